The number of sulfonamides is 2. The molecule has 0 amide bonds. The molecule has 0 radical (unpaired) electrons. The molecule has 0 aliphatic carbocycles. The summed E-state index contributed by atoms with van der Waals surface area (Å²) in [4.78, 5) is 0. The van der Waals surface area contributed by atoms with Gasteiger partial charge in [-0.3, -0.25) is 0 Å². The van der Waals surface area contributed by atoms with E-state index in [2.05, 4.69) is 4.72 Å². The standard InChI is InChI=1S/C15H22N2O5S2/c18-23(19,16-5-7-17-6-1-9-24(17,20)21)12-13-2-3-14-4-8-22-11-15(14)10-13/h2-3,10,16H,1,4-9,11-12H2. The fourth-order valence-electron chi connectivity index (χ4n) is 3.05. The highest BCUT2D eigenvalue weighted by Crippen LogP contribution is 2.19. The molecule has 0 saturated carbocycles. The molecule has 7 nitrogen and oxygen atoms in total. The molecule has 1 aromatic rings. The Labute approximate surface area is 143 Å². The van der Waals surface area contributed by atoms with Gasteiger partial charge in [0.25, 0.3) is 0 Å². The molecule has 9 heteroatoms. The Morgan fingerprint density at radius 3 is 2.83 bits per heavy atom. The second-order valence-corrected chi connectivity index (χ2v) is 10.0. The molecule has 1 N–H and O–H groups in total. The maximum atomic E-state index is 12.2. The first kappa shape index (κ1) is 17.8. The molecular weight excluding hydrogens is 352 g/mol. The van der Waals surface area contributed by atoms with Gasteiger partial charge in [0.2, 0.25) is 20.0 Å². The summed E-state index contributed by atoms with van der Waals surface area (Å²) in [6.07, 6.45) is 1.46. The Hall–Kier alpha value is -1.00. The first-order valence-corrected chi connectivity index (χ1v) is 11.3. The highest BCUT2D eigenvalue weighted by atomic mass is 32.2. The number of hydrogen-bond donors (Lipinski definition) is 1. The van der Waals surface area contributed by atoms with Crippen LogP contribution >= 0.6 is 0 Å². The van der Waals surface area contributed by atoms with Gasteiger partial charge in [0.1, 0.15) is 0 Å². The lowest BCUT2D eigenvalue weighted by molar-refractivity contribution is 0.110. The molecule has 0 unspecified atom stereocenters. The van der Waals surface area contributed by atoms with Crippen molar-refractivity contribution < 1.29 is 21.6 Å². The van der Waals surface area contributed by atoms with Crippen LogP contribution in [0.25, 0.3) is 0 Å². The monoisotopic (exact) mass is 374 g/mol. The van der Waals surface area contributed by atoms with E-state index in [1.807, 2.05) is 18.2 Å². The Morgan fingerprint density at radius 2 is 2.08 bits per heavy atom. The van der Waals surface area contributed by atoms with Crippen LogP contribution in [0.1, 0.15) is 23.1 Å². The number of benzene rings is 1. The highest BCUT2D eigenvalue weighted by Gasteiger charge is 2.27. The van der Waals surface area contributed by atoms with Gasteiger partial charge in [-0.2, -0.15) is 0 Å². The van der Waals surface area contributed by atoms with Crippen molar-refractivity contribution in [2.45, 2.75) is 25.2 Å². The molecule has 2 aliphatic heterocycles. The SMILES string of the molecule is O=S(=O)(Cc1ccc2c(c1)COCC2)NCCN1CCCS1(=O)=O. The van der Waals surface area contributed by atoms with Gasteiger partial charge < -0.3 is 4.74 Å². The van der Waals surface area contributed by atoms with Crippen molar-refractivity contribution in [1.29, 1.82) is 0 Å². The smallest absolute Gasteiger partial charge is 0.215 e. The molecule has 0 atom stereocenters. The van der Waals surface area contributed by atoms with Gasteiger partial charge in [0.05, 0.1) is 24.7 Å². The van der Waals surface area contributed by atoms with E-state index in [1.165, 1.54) is 9.87 Å². The van der Waals surface area contributed by atoms with Crippen molar-refractivity contribution in [3.63, 3.8) is 0 Å². The maximum Gasteiger partial charge on any atom is 0.215 e. The van der Waals surface area contributed by atoms with Crippen LogP contribution in [-0.2, 0) is 43.6 Å². The third-order valence-electron chi connectivity index (χ3n) is 4.29. The van der Waals surface area contributed by atoms with Crippen molar-refractivity contribution in [3.05, 3.63) is 34.9 Å². The zero-order valence-corrected chi connectivity index (χ0v) is 15.0. The third-order valence-corrected chi connectivity index (χ3v) is 7.60. The minimum Gasteiger partial charge on any atom is -0.376 e. The topological polar surface area (TPSA) is 92.8 Å². The molecule has 0 aromatic heterocycles. The van der Waals surface area contributed by atoms with Gasteiger partial charge in [-0.05, 0) is 29.5 Å². The van der Waals surface area contributed by atoms with E-state index < -0.39 is 20.0 Å². The zero-order valence-electron chi connectivity index (χ0n) is 13.4. The van der Waals surface area contributed by atoms with E-state index in [9.17, 15) is 16.8 Å². The van der Waals surface area contributed by atoms with Crippen LogP contribution in [-0.4, -0.2) is 53.1 Å². The van der Waals surface area contributed by atoms with Crippen molar-refractivity contribution >= 4 is 20.0 Å². The summed E-state index contributed by atoms with van der Waals surface area (Å²) in [6.45, 7) is 1.96. The van der Waals surface area contributed by atoms with Crippen LogP contribution in [0.4, 0.5) is 0 Å². The number of rotatable bonds is 6. The predicted molar refractivity (Wildman–Crippen MR) is 90.4 cm³/mol. The van der Waals surface area contributed by atoms with Gasteiger partial charge in [-0.1, -0.05) is 18.2 Å². The van der Waals surface area contributed by atoms with Crippen LogP contribution in [0.5, 0.6) is 0 Å². The fraction of sp³-hybridized carbons (Fsp3) is 0.600. The van der Waals surface area contributed by atoms with E-state index >= 15 is 0 Å². The first-order chi connectivity index (χ1) is 11.4. The van der Waals surface area contributed by atoms with Gasteiger partial charge in [0.15, 0.2) is 0 Å². The van der Waals surface area contributed by atoms with Gasteiger partial charge in [-0.25, -0.2) is 25.9 Å². The number of ether oxygens (including phenoxy) is 1. The van der Waals surface area contributed by atoms with Crippen LogP contribution in [0.15, 0.2) is 18.2 Å². The second-order valence-electron chi connectivity index (χ2n) is 6.13. The number of hydrogen-bond acceptors (Lipinski definition) is 5. The summed E-state index contributed by atoms with van der Waals surface area (Å²) in [7, 11) is -6.69. The van der Waals surface area contributed by atoms with E-state index in [-0.39, 0.29) is 24.6 Å². The van der Waals surface area contributed by atoms with Crippen LogP contribution in [0.2, 0.25) is 0 Å². The zero-order chi connectivity index (χ0) is 17.2. The summed E-state index contributed by atoms with van der Waals surface area (Å²) in [5.41, 5.74) is 2.95. The van der Waals surface area contributed by atoms with Crippen molar-refractivity contribution in [3.8, 4) is 0 Å². The average Bonchev–Trinajstić information content (AvgIpc) is 2.85. The lowest BCUT2D eigenvalue weighted by Gasteiger charge is -2.17. The number of nitrogens with zero attached hydrogens (tertiary/aromatic N) is 1. The van der Waals surface area contributed by atoms with Crippen LogP contribution < -0.4 is 4.72 Å². The maximum absolute atomic E-state index is 12.2. The molecule has 0 spiro atoms. The molecule has 3 rings (SSSR count). The lowest BCUT2D eigenvalue weighted by Crippen LogP contribution is -2.36. The molecule has 1 fully saturated rings. The fourth-order valence-corrected chi connectivity index (χ4v) is 5.70. The Bertz CT molecular complexity index is 805. The van der Waals surface area contributed by atoms with Crippen molar-refractivity contribution in [1.82, 2.24) is 9.03 Å². The largest absolute Gasteiger partial charge is 0.376 e. The van der Waals surface area contributed by atoms with Crippen LogP contribution in [0.3, 0.4) is 0 Å². The summed E-state index contributed by atoms with van der Waals surface area (Å²) >= 11 is 0. The first-order valence-electron chi connectivity index (χ1n) is 7.99. The highest BCUT2D eigenvalue weighted by molar-refractivity contribution is 7.89. The predicted octanol–water partition coefficient (Wildman–Crippen LogP) is 0.214. The molecule has 134 valence electrons. The Kier molecular flexibility index (Phi) is 5.26. The summed E-state index contributed by atoms with van der Waals surface area (Å²) in [6, 6.07) is 5.66. The number of nitrogens with one attached hydrogen (secondary N) is 1. The second kappa shape index (κ2) is 7.09. The molecule has 2 heterocycles. The molecule has 24 heavy (non-hydrogen) atoms. The third kappa shape index (κ3) is 4.34. The van der Waals surface area contributed by atoms with Crippen LogP contribution in [0, 0.1) is 0 Å². The molecular formula is C15H22N2O5S2. The average molecular weight is 374 g/mol. The van der Waals surface area contributed by atoms with Gasteiger partial charge >= 0.3 is 0 Å². The minimum atomic E-state index is -3.50. The van der Waals surface area contributed by atoms with Gasteiger partial charge in [-0.15, -0.1) is 0 Å². The Morgan fingerprint density at radius 1 is 1.25 bits per heavy atom. The minimum absolute atomic E-state index is 0.0929. The normalized spacial score (nSPS) is 20.8. The quantitative estimate of drug-likeness (QED) is 0.769. The van der Waals surface area contributed by atoms with Crippen molar-refractivity contribution in [2.75, 3.05) is 32.0 Å². The molecule has 2 aliphatic rings. The van der Waals surface area contributed by atoms with E-state index in [1.54, 1.807) is 0 Å². The molecule has 0 bridgehead atoms. The van der Waals surface area contributed by atoms with E-state index in [0.717, 1.165) is 12.0 Å². The summed E-state index contributed by atoms with van der Waals surface area (Å²) in [5.74, 6) is 0.0317. The Balaban J connectivity index is 1.56. The van der Waals surface area contributed by atoms with E-state index in [4.69, 9.17) is 4.74 Å². The molecule has 1 aromatic carbocycles. The lowest BCUT2D eigenvalue weighted by atomic mass is 10.0. The van der Waals surface area contributed by atoms with Gasteiger partial charge in [0, 0.05) is 19.6 Å². The number of fused-ring (bicyclic) bond motifs is 1. The van der Waals surface area contributed by atoms with E-state index in [0.29, 0.717) is 31.7 Å². The summed E-state index contributed by atoms with van der Waals surface area (Å²) in [5, 5.41) is 0. The summed E-state index contributed by atoms with van der Waals surface area (Å²) < 4.78 is 57.0. The van der Waals surface area contributed by atoms with Crippen molar-refractivity contribution in [2.24, 2.45) is 0 Å². The molecule has 1 saturated heterocycles.